The average Bonchev–Trinajstić information content (AvgIpc) is 2.72. The van der Waals surface area contributed by atoms with Crippen LogP contribution in [0.25, 0.3) is 11.4 Å². The molecule has 0 fully saturated rings. The second kappa shape index (κ2) is 5.71. The van der Waals surface area contributed by atoms with Crippen LogP contribution in [0.1, 0.15) is 6.92 Å². The number of carbonyl (C=O) groups is 1. The molecule has 0 saturated carbocycles. The Morgan fingerprint density at radius 1 is 1.47 bits per heavy atom. The minimum absolute atomic E-state index is 0.156. The van der Waals surface area contributed by atoms with Crippen LogP contribution < -0.4 is 11.1 Å². The molecule has 0 aliphatic heterocycles. The topological polar surface area (TPSA) is 77.1 Å². The molecular formula is C12H12ClN3O3. The highest BCUT2D eigenvalue weighted by molar-refractivity contribution is 6.33. The Morgan fingerprint density at radius 2 is 2.21 bits per heavy atom. The van der Waals surface area contributed by atoms with Crippen molar-refractivity contribution < 1.29 is 9.32 Å². The van der Waals surface area contributed by atoms with Crippen molar-refractivity contribution >= 4 is 17.5 Å². The van der Waals surface area contributed by atoms with Crippen molar-refractivity contribution in [2.75, 3.05) is 6.54 Å². The van der Waals surface area contributed by atoms with Gasteiger partial charge in [-0.3, -0.25) is 9.32 Å². The van der Waals surface area contributed by atoms with Crippen LogP contribution >= 0.6 is 11.6 Å². The van der Waals surface area contributed by atoms with Gasteiger partial charge in [0, 0.05) is 12.1 Å². The van der Waals surface area contributed by atoms with Gasteiger partial charge in [0.1, 0.15) is 6.54 Å². The monoisotopic (exact) mass is 281 g/mol. The molecule has 100 valence electrons. The molecule has 1 aromatic carbocycles. The number of nitrogens with zero attached hydrogens (tertiary/aromatic N) is 2. The van der Waals surface area contributed by atoms with E-state index in [1.165, 1.54) is 0 Å². The molecule has 0 unspecified atom stereocenters. The predicted octanol–water partition coefficient (Wildman–Crippen LogP) is 1.29. The van der Waals surface area contributed by atoms with E-state index in [0.717, 1.165) is 4.57 Å². The van der Waals surface area contributed by atoms with E-state index in [-0.39, 0.29) is 18.3 Å². The van der Waals surface area contributed by atoms with Gasteiger partial charge in [0.05, 0.1) is 5.02 Å². The number of rotatable bonds is 4. The molecule has 0 atom stereocenters. The van der Waals surface area contributed by atoms with Gasteiger partial charge in [-0.15, -0.1) is 0 Å². The molecule has 1 heterocycles. The zero-order valence-electron chi connectivity index (χ0n) is 10.2. The SMILES string of the molecule is CCNC(=O)Cn1c(-c2ccccc2Cl)noc1=O. The maximum absolute atomic E-state index is 11.6. The Hall–Kier alpha value is -2.08. The van der Waals surface area contributed by atoms with Crippen molar-refractivity contribution in [2.45, 2.75) is 13.5 Å². The first kappa shape index (κ1) is 13.4. The van der Waals surface area contributed by atoms with E-state index < -0.39 is 5.76 Å². The summed E-state index contributed by atoms with van der Waals surface area (Å²) in [5.41, 5.74) is 0.541. The summed E-state index contributed by atoms with van der Waals surface area (Å²) < 4.78 is 5.75. The van der Waals surface area contributed by atoms with Gasteiger partial charge in [-0.2, -0.15) is 0 Å². The molecule has 2 rings (SSSR count). The minimum atomic E-state index is -0.693. The summed E-state index contributed by atoms with van der Waals surface area (Å²) in [5, 5.41) is 6.71. The second-order valence-corrected chi connectivity index (χ2v) is 4.20. The number of hydrogen-bond donors (Lipinski definition) is 1. The average molecular weight is 282 g/mol. The van der Waals surface area contributed by atoms with E-state index in [0.29, 0.717) is 17.1 Å². The quantitative estimate of drug-likeness (QED) is 0.916. The number of hydrogen-bond acceptors (Lipinski definition) is 4. The minimum Gasteiger partial charge on any atom is -0.355 e. The van der Waals surface area contributed by atoms with Gasteiger partial charge in [-0.1, -0.05) is 28.9 Å². The van der Waals surface area contributed by atoms with Crippen LogP contribution in [0.4, 0.5) is 0 Å². The summed E-state index contributed by atoms with van der Waals surface area (Å²) in [4.78, 5) is 23.1. The van der Waals surface area contributed by atoms with Crippen LogP contribution in [0.3, 0.4) is 0 Å². The molecular weight excluding hydrogens is 270 g/mol. The van der Waals surface area contributed by atoms with Crippen LogP contribution in [-0.2, 0) is 11.3 Å². The molecule has 0 spiro atoms. The van der Waals surface area contributed by atoms with Gasteiger partial charge in [0.15, 0.2) is 5.82 Å². The zero-order valence-corrected chi connectivity index (χ0v) is 11.0. The second-order valence-electron chi connectivity index (χ2n) is 3.79. The normalized spacial score (nSPS) is 10.4. The number of nitrogens with one attached hydrogen (secondary N) is 1. The summed E-state index contributed by atoms with van der Waals surface area (Å²) in [6, 6.07) is 6.90. The van der Waals surface area contributed by atoms with Crippen LogP contribution in [0.5, 0.6) is 0 Å². The highest BCUT2D eigenvalue weighted by atomic mass is 35.5. The van der Waals surface area contributed by atoms with Crippen molar-refractivity contribution in [1.82, 2.24) is 15.0 Å². The standard InChI is InChI=1S/C12H12ClN3O3/c1-2-14-10(17)7-16-11(15-19-12(16)18)8-5-3-4-6-9(8)13/h3-6H,2,7H2,1H3,(H,14,17). The van der Waals surface area contributed by atoms with E-state index in [1.807, 2.05) is 0 Å². The van der Waals surface area contributed by atoms with Crippen molar-refractivity contribution in [3.63, 3.8) is 0 Å². The molecule has 0 aliphatic carbocycles. The summed E-state index contributed by atoms with van der Waals surface area (Å²) >= 11 is 6.04. The van der Waals surface area contributed by atoms with Crippen molar-refractivity contribution in [2.24, 2.45) is 0 Å². The van der Waals surface area contributed by atoms with Crippen LogP contribution in [-0.4, -0.2) is 22.2 Å². The molecule has 0 bridgehead atoms. The highest BCUT2D eigenvalue weighted by Gasteiger charge is 2.17. The lowest BCUT2D eigenvalue weighted by atomic mass is 10.2. The number of aromatic nitrogens is 2. The Morgan fingerprint density at radius 3 is 2.89 bits per heavy atom. The smallest absolute Gasteiger partial charge is 0.355 e. The first-order valence-electron chi connectivity index (χ1n) is 5.71. The maximum atomic E-state index is 11.6. The molecule has 1 amide bonds. The van der Waals surface area contributed by atoms with E-state index >= 15 is 0 Å². The summed E-state index contributed by atoms with van der Waals surface area (Å²) in [7, 11) is 0. The van der Waals surface area contributed by atoms with E-state index in [9.17, 15) is 9.59 Å². The fraction of sp³-hybridized carbons (Fsp3) is 0.250. The summed E-state index contributed by atoms with van der Waals surface area (Å²) in [6.07, 6.45) is 0. The number of carbonyl (C=O) groups excluding carboxylic acids is 1. The van der Waals surface area contributed by atoms with Crippen LogP contribution in [0.2, 0.25) is 5.02 Å². The lowest BCUT2D eigenvalue weighted by Gasteiger charge is -2.05. The molecule has 1 aromatic heterocycles. The van der Waals surface area contributed by atoms with Gasteiger partial charge in [-0.25, -0.2) is 9.36 Å². The Kier molecular flexibility index (Phi) is 4.01. The number of likely N-dealkylation sites (N-methyl/N-ethyl adjacent to an activating group) is 1. The molecule has 7 heteroatoms. The third-order valence-electron chi connectivity index (χ3n) is 2.48. The Bertz CT molecular complexity index is 648. The molecule has 2 aromatic rings. The first-order valence-corrected chi connectivity index (χ1v) is 6.09. The number of amides is 1. The zero-order chi connectivity index (χ0) is 13.8. The molecule has 1 N–H and O–H groups in total. The number of halogens is 1. The summed E-state index contributed by atoms with van der Waals surface area (Å²) in [6.45, 7) is 2.13. The van der Waals surface area contributed by atoms with Gasteiger partial charge < -0.3 is 5.32 Å². The Balaban J connectivity index is 2.41. The first-order chi connectivity index (χ1) is 9.13. The molecule has 0 radical (unpaired) electrons. The fourth-order valence-corrected chi connectivity index (χ4v) is 1.86. The van der Waals surface area contributed by atoms with E-state index in [4.69, 9.17) is 11.6 Å². The summed E-state index contributed by atoms with van der Waals surface area (Å²) in [5.74, 6) is -0.746. The van der Waals surface area contributed by atoms with Crippen LogP contribution in [0, 0.1) is 0 Å². The molecule has 6 nitrogen and oxygen atoms in total. The third kappa shape index (κ3) is 2.85. The van der Waals surface area contributed by atoms with Crippen molar-refractivity contribution in [3.05, 3.63) is 39.8 Å². The maximum Gasteiger partial charge on any atom is 0.442 e. The van der Waals surface area contributed by atoms with E-state index in [2.05, 4.69) is 15.0 Å². The van der Waals surface area contributed by atoms with E-state index in [1.54, 1.807) is 31.2 Å². The van der Waals surface area contributed by atoms with Crippen molar-refractivity contribution in [3.8, 4) is 11.4 Å². The lowest BCUT2D eigenvalue weighted by Crippen LogP contribution is -2.31. The van der Waals surface area contributed by atoms with Gasteiger partial charge in [0.2, 0.25) is 5.91 Å². The molecule has 0 aliphatic rings. The molecule has 0 saturated heterocycles. The largest absolute Gasteiger partial charge is 0.442 e. The van der Waals surface area contributed by atoms with Crippen molar-refractivity contribution in [1.29, 1.82) is 0 Å². The Labute approximate surface area is 114 Å². The van der Waals surface area contributed by atoms with Crippen LogP contribution in [0.15, 0.2) is 33.6 Å². The lowest BCUT2D eigenvalue weighted by molar-refractivity contribution is -0.121. The van der Waals surface area contributed by atoms with Gasteiger partial charge >= 0.3 is 5.76 Å². The highest BCUT2D eigenvalue weighted by Crippen LogP contribution is 2.24. The number of benzene rings is 1. The molecule has 19 heavy (non-hydrogen) atoms. The fourth-order valence-electron chi connectivity index (χ4n) is 1.64. The third-order valence-corrected chi connectivity index (χ3v) is 2.81. The van der Waals surface area contributed by atoms with Gasteiger partial charge in [-0.05, 0) is 19.1 Å². The van der Waals surface area contributed by atoms with Gasteiger partial charge in [0.25, 0.3) is 0 Å². The predicted molar refractivity (Wildman–Crippen MR) is 69.9 cm³/mol.